The standard InChI is InChI=1S/C20H29NO4/c1-4-24-19(22)13-17-11-12-18(20(23)25-5-2)15(3)21(17)14-16-9-7-6-8-10-16/h6-10,15,17-18H,4-5,11-14H2,1-3H3/t15-,17+,18-/m1/s1. The van der Waals surface area contributed by atoms with Crippen LogP contribution in [0.25, 0.3) is 0 Å². The monoisotopic (exact) mass is 347 g/mol. The van der Waals surface area contributed by atoms with E-state index in [0.717, 1.165) is 12.8 Å². The molecule has 0 saturated carbocycles. The van der Waals surface area contributed by atoms with Crippen molar-refractivity contribution in [2.45, 2.75) is 58.7 Å². The number of hydrogen-bond donors (Lipinski definition) is 0. The SMILES string of the molecule is CCOC(=O)C[C@@H]1CC[C@@H](C(=O)OCC)[C@@H](C)N1Cc1ccccc1. The van der Waals surface area contributed by atoms with Crippen LogP contribution in [0.5, 0.6) is 0 Å². The molecule has 1 fully saturated rings. The Labute approximate surface area is 150 Å². The lowest BCUT2D eigenvalue weighted by molar-refractivity contribution is -0.154. The fourth-order valence-corrected chi connectivity index (χ4v) is 3.61. The second-order valence-electron chi connectivity index (χ2n) is 6.50. The van der Waals surface area contributed by atoms with Gasteiger partial charge in [0, 0.05) is 18.6 Å². The molecule has 25 heavy (non-hydrogen) atoms. The average molecular weight is 347 g/mol. The number of carbonyl (C=O) groups is 2. The molecule has 5 nitrogen and oxygen atoms in total. The van der Waals surface area contributed by atoms with Crippen LogP contribution in [0.1, 0.15) is 45.6 Å². The van der Waals surface area contributed by atoms with E-state index in [1.54, 1.807) is 0 Å². The lowest BCUT2D eigenvalue weighted by atomic mass is 9.84. The number of ether oxygens (including phenoxy) is 2. The number of piperidine rings is 1. The summed E-state index contributed by atoms with van der Waals surface area (Å²) in [6, 6.07) is 10.2. The van der Waals surface area contributed by atoms with Gasteiger partial charge in [-0.15, -0.1) is 0 Å². The molecule has 0 bridgehead atoms. The topological polar surface area (TPSA) is 55.8 Å². The van der Waals surface area contributed by atoms with Gasteiger partial charge < -0.3 is 9.47 Å². The zero-order chi connectivity index (χ0) is 18.2. The van der Waals surface area contributed by atoms with E-state index in [1.165, 1.54) is 5.56 Å². The number of rotatable bonds is 7. The van der Waals surface area contributed by atoms with Crippen molar-refractivity contribution in [3.8, 4) is 0 Å². The van der Waals surface area contributed by atoms with Crippen LogP contribution in [0.3, 0.4) is 0 Å². The highest BCUT2D eigenvalue weighted by molar-refractivity contribution is 5.74. The first-order chi connectivity index (χ1) is 12.1. The summed E-state index contributed by atoms with van der Waals surface area (Å²) in [4.78, 5) is 26.6. The van der Waals surface area contributed by atoms with Crippen molar-refractivity contribution in [3.63, 3.8) is 0 Å². The lowest BCUT2D eigenvalue weighted by Gasteiger charge is -2.43. The van der Waals surface area contributed by atoms with Crippen LogP contribution in [-0.2, 0) is 25.6 Å². The van der Waals surface area contributed by atoms with Crippen LogP contribution in [0.15, 0.2) is 30.3 Å². The number of hydrogen-bond acceptors (Lipinski definition) is 5. The van der Waals surface area contributed by atoms with Crippen molar-refractivity contribution in [3.05, 3.63) is 35.9 Å². The molecule has 0 amide bonds. The minimum absolute atomic E-state index is 0.0208. The van der Waals surface area contributed by atoms with Gasteiger partial charge in [0.2, 0.25) is 0 Å². The Morgan fingerprint density at radius 3 is 2.40 bits per heavy atom. The zero-order valence-corrected chi connectivity index (χ0v) is 15.4. The van der Waals surface area contributed by atoms with Crippen molar-refractivity contribution < 1.29 is 19.1 Å². The average Bonchev–Trinajstić information content (AvgIpc) is 2.59. The van der Waals surface area contributed by atoms with Gasteiger partial charge in [-0.2, -0.15) is 0 Å². The molecule has 1 heterocycles. The van der Waals surface area contributed by atoms with E-state index >= 15 is 0 Å². The smallest absolute Gasteiger partial charge is 0.310 e. The number of likely N-dealkylation sites (tertiary alicyclic amines) is 1. The molecule has 1 saturated heterocycles. The summed E-state index contributed by atoms with van der Waals surface area (Å²) >= 11 is 0. The molecule has 1 aliphatic rings. The second-order valence-corrected chi connectivity index (χ2v) is 6.50. The van der Waals surface area contributed by atoms with Crippen molar-refractivity contribution in [1.82, 2.24) is 4.90 Å². The van der Waals surface area contributed by atoms with E-state index in [-0.39, 0.29) is 29.9 Å². The van der Waals surface area contributed by atoms with Gasteiger partial charge in [-0.1, -0.05) is 30.3 Å². The van der Waals surface area contributed by atoms with Gasteiger partial charge in [0.05, 0.1) is 25.6 Å². The Morgan fingerprint density at radius 2 is 1.76 bits per heavy atom. The lowest BCUT2D eigenvalue weighted by Crippen LogP contribution is -2.52. The molecule has 1 aromatic rings. The third kappa shape index (κ3) is 5.30. The predicted molar refractivity (Wildman–Crippen MR) is 95.8 cm³/mol. The van der Waals surface area contributed by atoms with Crippen LogP contribution in [0, 0.1) is 5.92 Å². The maximum Gasteiger partial charge on any atom is 0.310 e. The quantitative estimate of drug-likeness (QED) is 0.709. The van der Waals surface area contributed by atoms with Crippen molar-refractivity contribution in [2.24, 2.45) is 5.92 Å². The highest BCUT2D eigenvalue weighted by atomic mass is 16.5. The maximum absolute atomic E-state index is 12.3. The summed E-state index contributed by atoms with van der Waals surface area (Å²) in [6.07, 6.45) is 1.90. The van der Waals surface area contributed by atoms with Crippen molar-refractivity contribution in [2.75, 3.05) is 13.2 Å². The Balaban J connectivity index is 2.15. The first kappa shape index (κ1) is 19.4. The molecule has 0 aliphatic carbocycles. The number of esters is 2. The molecule has 3 atom stereocenters. The molecule has 5 heteroatoms. The predicted octanol–water partition coefficient (Wildman–Crippen LogP) is 3.17. The van der Waals surface area contributed by atoms with E-state index in [9.17, 15) is 9.59 Å². The molecular formula is C20H29NO4. The molecule has 1 aliphatic heterocycles. The van der Waals surface area contributed by atoms with Gasteiger partial charge in [0.15, 0.2) is 0 Å². The largest absolute Gasteiger partial charge is 0.466 e. The van der Waals surface area contributed by atoms with Crippen LogP contribution < -0.4 is 0 Å². The molecule has 0 N–H and O–H groups in total. The Bertz CT molecular complexity index is 558. The van der Waals surface area contributed by atoms with Gasteiger partial charge >= 0.3 is 11.9 Å². The van der Waals surface area contributed by atoms with Crippen molar-refractivity contribution in [1.29, 1.82) is 0 Å². The summed E-state index contributed by atoms with van der Waals surface area (Å²) in [5, 5.41) is 0. The summed E-state index contributed by atoms with van der Waals surface area (Å²) in [7, 11) is 0. The highest BCUT2D eigenvalue weighted by Crippen LogP contribution is 2.32. The maximum atomic E-state index is 12.3. The molecule has 138 valence electrons. The normalized spacial score (nSPS) is 23.9. The first-order valence-electron chi connectivity index (χ1n) is 9.18. The van der Waals surface area contributed by atoms with Crippen LogP contribution in [-0.4, -0.2) is 42.1 Å². The molecule has 0 radical (unpaired) electrons. The van der Waals surface area contributed by atoms with E-state index < -0.39 is 0 Å². The van der Waals surface area contributed by atoms with Gasteiger partial charge in [0.25, 0.3) is 0 Å². The second kappa shape index (κ2) is 9.56. The molecule has 2 rings (SSSR count). The summed E-state index contributed by atoms with van der Waals surface area (Å²) < 4.78 is 10.4. The van der Waals surface area contributed by atoms with E-state index in [0.29, 0.717) is 26.2 Å². The third-order valence-corrected chi connectivity index (χ3v) is 4.89. The number of nitrogens with zero attached hydrogens (tertiary/aromatic N) is 1. The minimum Gasteiger partial charge on any atom is -0.466 e. The van der Waals surface area contributed by atoms with Gasteiger partial charge in [-0.3, -0.25) is 14.5 Å². The van der Waals surface area contributed by atoms with E-state index in [2.05, 4.69) is 24.0 Å². The number of benzene rings is 1. The Morgan fingerprint density at radius 1 is 1.08 bits per heavy atom. The van der Waals surface area contributed by atoms with Crippen LogP contribution in [0.2, 0.25) is 0 Å². The fraction of sp³-hybridized carbons (Fsp3) is 0.600. The molecule has 0 unspecified atom stereocenters. The van der Waals surface area contributed by atoms with Crippen LogP contribution >= 0.6 is 0 Å². The fourth-order valence-electron chi connectivity index (χ4n) is 3.61. The van der Waals surface area contributed by atoms with Gasteiger partial charge in [-0.25, -0.2) is 0 Å². The minimum atomic E-state index is -0.174. The molecule has 1 aromatic carbocycles. The van der Waals surface area contributed by atoms with Gasteiger partial charge in [-0.05, 0) is 39.2 Å². The number of carbonyl (C=O) groups excluding carboxylic acids is 2. The van der Waals surface area contributed by atoms with E-state index in [4.69, 9.17) is 9.47 Å². The van der Waals surface area contributed by atoms with Gasteiger partial charge in [0.1, 0.15) is 0 Å². The molecule has 0 aromatic heterocycles. The highest BCUT2D eigenvalue weighted by Gasteiger charge is 2.39. The molecular weight excluding hydrogens is 318 g/mol. The third-order valence-electron chi connectivity index (χ3n) is 4.89. The Kier molecular flexibility index (Phi) is 7.44. The summed E-state index contributed by atoms with van der Waals surface area (Å²) in [6.45, 7) is 7.21. The zero-order valence-electron chi connectivity index (χ0n) is 15.4. The van der Waals surface area contributed by atoms with E-state index in [1.807, 2.05) is 32.0 Å². The molecule has 0 spiro atoms. The summed E-state index contributed by atoms with van der Waals surface area (Å²) in [5.41, 5.74) is 1.17. The van der Waals surface area contributed by atoms with Crippen LogP contribution in [0.4, 0.5) is 0 Å². The Hall–Kier alpha value is -1.88. The summed E-state index contributed by atoms with van der Waals surface area (Å²) in [5.74, 6) is -0.461. The van der Waals surface area contributed by atoms with Crippen molar-refractivity contribution >= 4 is 11.9 Å². The first-order valence-corrected chi connectivity index (χ1v) is 9.18.